The molecule has 0 aliphatic carbocycles. The van der Waals surface area contributed by atoms with Crippen molar-refractivity contribution in [3.05, 3.63) is 59.9 Å². The first-order chi connectivity index (χ1) is 13.1. The number of carbonyl (C=O) groups excluding carboxylic acids is 1. The Kier molecular flexibility index (Phi) is 4.99. The zero-order valence-electron chi connectivity index (χ0n) is 15.3. The highest BCUT2D eigenvalue weighted by atomic mass is 32.2. The third kappa shape index (κ3) is 3.76. The molecule has 138 valence electrons. The van der Waals surface area contributed by atoms with Crippen LogP contribution in [0.5, 0.6) is 0 Å². The summed E-state index contributed by atoms with van der Waals surface area (Å²) in [6.45, 7) is 4.14. The van der Waals surface area contributed by atoms with Gasteiger partial charge in [-0.1, -0.05) is 44.2 Å². The Morgan fingerprint density at radius 2 is 2.04 bits per heavy atom. The Hall–Kier alpha value is -2.60. The van der Waals surface area contributed by atoms with E-state index < -0.39 is 0 Å². The van der Waals surface area contributed by atoms with E-state index in [0.717, 1.165) is 33.9 Å². The number of nitrogens with zero attached hydrogens (tertiary/aromatic N) is 2. The van der Waals surface area contributed by atoms with Gasteiger partial charge in [0.25, 0.3) is 0 Å². The van der Waals surface area contributed by atoms with Crippen LogP contribution >= 0.6 is 11.8 Å². The molecule has 3 aromatic rings. The van der Waals surface area contributed by atoms with Crippen LogP contribution in [-0.4, -0.2) is 27.2 Å². The van der Waals surface area contributed by atoms with E-state index in [1.165, 1.54) is 0 Å². The number of anilines is 1. The maximum Gasteiger partial charge on any atom is 0.232 e. The van der Waals surface area contributed by atoms with Crippen LogP contribution in [0.15, 0.2) is 53.5 Å². The number of aromatic amines is 1. The average Bonchev–Trinajstić information content (AvgIpc) is 3.31. The molecule has 1 aliphatic rings. The van der Waals surface area contributed by atoms with Gasteiger partial charge in [-0.25, -0.2) is 4.98 Å². The number of hydrogen-bond donors (Lipinski definition) is 2. The van der Waals surface area contributed by atoms with Crippen molar-refractivity contribution in [2.24, 2.45) is 10.9 Å². The number of nitrogens with one attached hydrogen (secondary N) is 2. The minimum Gasteiger partial charge on any atom is -0.340 e. The van der Waals surface area contributed by atoms with Crippen molar-refractivity contribution in [3.8, 4) is 0 Å². The van der Waals surface area contributed by atoms with E-state index in [0.29, 0.717) is 0 Å². The standard InChI is InChI=1S/C21H22N4OS/c1-13(2)19(14-6-4-3-5-7-14)21(26)23-15-8-9-16-17(10-15)25-20(24-16)18-11-27-12-22-18/h3-10,12-13,18-19H,11H2,1-2H3,(H,23,26)(H,24,25)/t18?,19-/m0/s1. The molecule has 1 unspecified atom stereocenters. The molecular weight excluding hydrogens is 356 g/mol. The molecule has 2 aromatic carbocycles. The van der Waals surface area contributed by atoms with Gasteiger partial charge in [-0.2, -0.15) is 0 Å². The fourth-order valence-corrected chi connectivity index (χ4v) is 4.17. The first-order valence-corrected chi connectivity index (χ1v) is 10.2. The molecule has 0 saturated carbocycles. The number of amides is 1. The van der Waals surface area contributed by atoms with Gasteiger partial charge in [0.1, 0.15) is 11.9 Å². The molecule has 0 saturated heterocycles. The summed E-state index contributed by atoms with van der Waals surface area (Å²) in [4.78, 5) is 25.3. The molecule has 1 aliphatic heterocycles. The smallest absolute Gasteiger partial charge is 0.232 e. The van der Waals surface area contributed by atoms with Crippen molar-refractivity contribution in [1.82, 2.24) is 9.97 Å². The average molecular weight is 379 g/mol. The first kappa shape index (κ1) is 17.8. The number of rotatable bonds is 5. The van der Waals surface area contributed by atoms with E-state index in [4.69, 9.17) is 0 Å². The number of benzene rings is 2. The van der Waals surface area contributed by atoms with Gasteiger partial charge in [0.15, 0.2) is 0 Å². The van der Waals surface area contributed by atoms with Gasteiger partial charge in [0.2, 0.25) is 5.91 Å². The van der Waals surface area contributed by atoms with Gasteiger partial charge in [-0.15, -0.1) is 11.8 Å². The molecule has 4 rings (SSSR count). The second-order valence-corrected chi connectivity index (χ2v) is 7.96. The van der Waals surface area contributed by atoms with Crippen molar-refractivity contribution in [3.63, 3.8) is 0 Å². The van der Waals surface area contributed by atoms with E-state index in [-0.39, 0.29) is 23.8 Å². The van der Waals surface area contributed by atoms with Gasteiger partial charge in [-0.05, 0) is 29.7 Å². The number of aromatic nitrogens is 2. The van der Waals surface area contributed by atoms with E-state index in [9.17, 15) is 4.79 Å². The zero-order valence-corrected chi connectivity index (χ0v) is 16.2. The van der Waals surface area contributed by atoms with Crippen LogP contribution in [0, 0.1) is 5.92 Å². The molecular formula is C21H22N4OS. The van der Waals surface area contributed by atoms with Crippen LogP contribution in [0.3, 0.4) is 0 Å². The minimum absolute atomic E-state index is 0.00656. The van der Waals surface area contributed by atoms with Crippen LogP contribution in [0.4, 0.5) is 5.69 Å². The topological polar surface area (TPSA) is 70.1 Å². The predicted molar refractivity (Wildman–Crippen MR) is 112 cm³/mol. The Morgan fingerprint density at radius 3 is 2.74 bits per heavy atom. The molecule has 2 heterocycles. The molecule has 1 amide bonds. The molecule has 0 spiro atoms. The predicted octanol–water partition coefficient (Wildman–Crippen LogP) is 4.76. The van der Waals surface area contributed by atoms with E-state index in [2.05, 4.69) is 34.1 Å². The quantitative estimate of drug-likeness (QED) is 0.673. The summed E-state index contributed by atoms with van der Waals surface area (Å²) < 4.78 is 0. The molecule has 1 aromatic heterocycles. The normalized spacial score (nSPS) is 17.5. The van der Waals surface area contributed by atoms with Gasteiger partial charge in [-0.3, -0.25) is 9.79 Å². The van der Waals surface area contributed by atoms with Crippen LogP contribution in [0.1, 0.15) is 37.2 Å². The second kappa shape index (κ2) is 7.56. The third-order valence-corrected chi connectivity index (χ3v) is 5.54. The van der Waals surface area contributed by atoms with Crippen LogP contribution in [0.25, 0.3) is 11.0 Å². The number of H-pyrrole nitrogens is 1. The Morgan fingerprint density at radius 1 is 1.22 bits per heavy atom. The van der Waals surface area contributed by atoms with Crippen LogP contribution in [-0.2, 0) is 4.79 Å². The number of imidazole rings is 1. The van der Waals surface area contributed by atoms with Crippen molar-refractivity contribution in [2.45, 2.75) is 25.8 Å². The number of fused-ring (bicyclic) bond motifs is 1. The van der Waals surface area contributed by atoms with E-state index in [1.54, 1.807) is 11.8 Å². The molecule has 2 atom stereocenters. The lowest BCUT2D eigenvalue weighted by atomic mass is 9.87. The summed E-state index contributed by atoms with van der Waals surface area (Å²) in [5.41, 5.74) is 5.48. The molecule has 5 nitrogen and oxygen atoms in total. The van der Waals surface area contributed by atoms with Crippen molar-refractivity contribution >= 4 is 39.9 Å². The Balaban J connectivity index is 1.56. The maximum atomic E-state index is 12.9. The summed E-state index contributed by atoms with van der Waals surface area (Å²) in [7, 11) is 0. The van der Waals surface area contributed by atoms with E-state index in [1.807, 2.05) is 54.1 Å². The molecule has 0 bridgehead atoms. The summed E-state index contributed by atoms with van der Waals surface area (Å²) >= 11 is 1.69. The van der Waals surface area contributed by atoms with Crippen molar-refractivity contribution in [2.75, 3.05) is 11.1 Å². The highest BCUT2D eigenvalue weighted by molar-refractivity contribution is 8.12. The SMILES string of the molecule is CC(C)[C@H](C(=O)Nc1ccc2nc(C3CSC=N3)[nH]c2c1)c1ccccc1. The molecule has 0 radical (unpaired) electrons. The number of carbonyl (C=O) groups is 1. The number of thioether (sulfide) groups is 1. The van der Waals surface area contributed by atoms with Crippen molar-refractivity contribution < 1.29 is 4.79 Å². The summed E-state index contributed by atoms with van der Waals surface area (Å²) in [6.07, 6.45) is 0. The molecule has 27 heavy (non-hydrogen) atoms. The fraction of sp³-hybridized carbons (Fsp3) is 0.286. The second-order valence-electron chi connectivity index (χ2n) is 7.08. The van der Waals surface area contributed by atoms with Gasteiger partial charge in [0.05, 0.1) is 22.5 Å². The Labute approximate surface area is 162 Å². The highest BCUT2D eigenvalue weighted by Gasteiger charge is 2.24. The van der Waals surface area contributed by atoms with Crippen LogP contribution in [0.2, 0.25) is 0 Å². The maximum absolute atomic E-state index is 12.9. The van der Waals surface area contributed by atoms with Crippen LogP contribution < -0.4 is 5.32 Å². The lowest BCUT2D eigenvalue weighted by Gasteiger charge is -2.20. The van der Waals surface area contributed by atoms with Crippen molar-refractivity contribution in [1.29, 1.82) is 0 Å². The van der Waals surface area contributed by atoms with E-state index >= 15 is 0 Å². The van der Waals surface area contributed by atoms with Gasteiger partial charge >= 0.3 is 0 Å². The lowest BCUT2D eigenvalue weighted by molar-refractivity contribution is -0.118. The zero-order chi connectivity index (χ0) is 18.8. The minimum atomic E-state index is -0.191. The summed E-state index contributed by atoms with van der Waals surface area (Å²) in [5, 5.41) is 3.07. The third-order valence-electron chi connectivity index (χ3n) is 4.76. The molecule has 0 fully saturated rings. The fourth-order valence-electron chi connectivity index (χ4n) is 3.43. The monoisotopic (exact) mass is 378 g/mol. The number of hydrogen-bond acceptors (Lipinski definition) is 4. The largest absolute Gasteiger partial charge is 0.340 e. The molecule has 2 N–H and O–H groups in total. The summed E-state index contributed by atoms with van der Waals surface area (Å²) in [6, 6.07) is 15.8. The number of aliphatic imine (C=N–C) groups is 1. The van der Waals surface area contributed by atoms with Gasteiger partial charge in [0, 0.05) is 11.4 Å². The summed E-state index contributed by atoms with van der Waals surface area (Å²) in [5.74, 6) is 1.80. The lowest BCUT2D eigenvalue weighted by Crippen LogP contribution is -2.25. The molecule has 6 heteroatoms. The van der Waals surface area contributed by atoms with Gasteiger partial charge < -0.3 is 10.3 Å². The Bertz CT molecular complexity index is 980. The first-order valence-electron chi connectivity index (χ1n) is 9.10. The highest BCUT2D eigenvalue weighted by Crippen LogP contribution is 2.29.